The van der Waals surface area contributed by atoms with Crippen molar-refractivity contribution in [3.63, 3.8) is 0 Å². The minimum Gasteiger partial charge on any atom is -0.381 e. The molecule has 0 unspecified atom stereocenters. The van der Waals surface area contributed by atoms with Gasteiger partial charge in [-0.25, -0.2) is 0 Å². The van der Waals surface area contributed by atoms with Crippen LogP contribution in [-0.2, 0) is 17.7 Å². The molecule has 0 aromatic carbocycles. The molecule has 0 aliphatic carbocycles. The Balaban J connectivity index is 2.09. The number of aromatic nitrogens is 1. The largest absolute Gasteiger partial charge is 0.381 e. The van der Waals surface area contributed by atoms with Crippen LogP contribution in [0.5, 0.6) is 0 Å². The highest BCUT2D eigenvalue weighted by molar-refractivity contribution is 5.23. The number of aryl methyl sites for hydroxylation is 1. The van der Waals surface area contributed by atoms with Crippen LogP contribution in [0.3, 0.4) is 0 Å². The summed E-state index contributed by atoms with van der Waals surface area (Å²) in [5, 5.41) is 0. The van der Waals surface area contributed by atoms with Crippen LogP contribution >= 0.6 is 0 Å². The summed E-state index contributed by atoms with van der Waals surface area (Å²) in [4.78, 5) is 6.90. The van der Waals surface area contributed by atoms with E-state index in [0.29, 0.717) is 0 Å². The first-order chi connectivity index (χ1) is 8.65. The maximum Gasteiger partial charge on any atom is 0.0578 e. The molecule has 2 rings (SSSR count). The van der Waals surface area contributed by atoms with E-state index in [-0.39, 0.29) is 0 Å². The highest BCUT2D eigenvalue weighted by Gasteiger charge is 2.16. The molecule has 1 saturated heterocycles. The molecular weight excluding hydrogens is 224 g/mol. The molecule has 1 aromatic rings. The molecule has 0 radical (unpaired) electrons. The van der Waals surface area contributed by atoms with E-state index in [1.165, 1.54) is 24.1 Å². The fraction of sp³-hybridized carbons (Fsp3) is 0.667. The lowest BCUT2D eigenvalue weighted by molar-refractivity contribution is 0.0664. The molecule has 0 saturated carbocycles. The van der Waals surface area contributed by atoms with E-state index in [1.54, 1.807) is 0 Å². The van der Waals surface area contributed by atoms with Gasteiger partial charge in [-0.3, -0.25) is 4.98 Å². The first kappa shape index (κ1) is 13.5. The van der Waals surface area contributed by atoms with Crippen LogP contribution in [-0.4, -0.2) is 37.2 Å². The van der Waals surface area contributed by atoms with Gasteiger partial charge in [0.1, 0.15) is 0 Å². The fourth-order valence-corrected chi connectivity index (χ4v) is 2.52. The van der Waals surface area contributed by atoms with Crippen LogP contribution in [0.15, 0.2) is 12.1 Å². The Morgan fingerprint density at radius 2 is 2.00 bits per heavy atom. The van der Waals surface area contributed by atoms with Crippen LogP contribution in [0.25, 0.3) is 0 Å². The zero-order valence-electron chi connectivity index (χ0n) is 11.8. The van der Waals surface area contributed by atoms with Gasteiger partial charge in [0.05, 0.1) is 5.69 Å². The second kappa shape index (κ2) is 6.30. The van der Waals surface area contributed by atoms with Crippen molar-refractivity contribution in [1.29, 1.82) is 0 Å². The third-order valence-electron chi connectivity index (χ3n) is 3.52. The van der Waals surface area contributed by atoms with E-state index >= 15 is 0 Å². The number of hydrogen-bond donors (Lipinski definition) is 0. The SMILES string of the molecule is Cc1ccc(CC2CCOCC2)c(CN(C)C)n1. The van der Waals surface area contributed by atoms with Crippen molar-refractivity contribution in [3.8, 4) is 0 Å². The molecule has 1 aliphatic rings. The van der Waals surface area contributed by atoms with E-state index in [1.807, 2.05) is 0 Å². The third-order valence-corrected chi connectivity index (χ3v) is 3.52. The second-order valence-electron chi connectivity index (χ2n) is 5.56. The maximum absolute atomic E-state index is 5.43. The highest BCUT2D eigenvalue weighted by atomic mass is 16.5. The fourth-order valence-electron chi connectivity index (χ4n) is 2.52. The lowest BCUT2D eigenvalue weighted by atomic mass is 9.91. The minimum absolute atomic E-state index is 0.768. The molecule has 1 fully saturated rings. The summed E-state index contributed by atoms with van der Waals surface area (Å²) in [6.45, 7) is 4.84. The molecule has 2 heterocycles. The molecule has 3 nitrogen and oxygen atoms in total. The standard InChI is InChI=1S/C15H24N2O/c1-12-4-5-14(15(16-12)11-17(2)3)10-13-6-8-18-9-7-13/h4-5,13H,6-11H2,1-3H3. The number of pyridine rings is 1. The van der Waals surface area contributed by atoms with Crippen LogP contribution in [0, 0.1) is 12.8 Å². The Hall–Kier alpha value is -0.930. The highest BCUT2D eigenvalue weighted by Crippen LogP contribution is 2.22. The Morgan fingerprint density at radius 1 is 1.28 bits per heavy atom. The smallest absolute Gasteiger partial charge is 0.0578 e. The zero-order chi connectivity index (χ0) is 13.0. The normalized spacial score (nSPS) is 17.3. The van der Waals surface area contributed by atoms with Gasteiger partial charge < -0.3 is 9.64 Å². The number of ether oxygens (including phenoxy) is 1. The summed E-state index contributed by atoms with van der Waals surface area (Å²) in [5.74, 6) is 0.768. The van der Waals surface area contributed by atoms with Crippen molar-refractivity contribution in [3.05, 3.63) is 29.1 Å². The lowest BCUT2D eigenvalue weighted by Crippen LogP contribution is -2.20. The van der Waals surface area contributed by atoms with Crippen molar-refractivity contribution in [2.75, 3.05) is 27.3 Å². The third kappa shape index (κ3) is 3.79. The molecule has 3 heteroatoms. The van der Waals surface area contributed by atoms with Crippen molar-refractivity contribution in [2.45, 2.75) is 32.7 Å². The zero-order valence-corrected chi connectivity index (χ0v) is 11.8. The molecular formula is C15H24N2O. The summed E-state index contributed by atoms with van der Waals surface area (Å²) in [7, 11) is 4.20. The molecule has 100 valence electrons. The Labute approximate surface area is 110 Å². The predicted octanol–water partition coefficient (Wildman–Crippen LogP) is 2.42. The average Bonchev–Trinajstić information content (AvgIpc) is 2.33. The van der Waals surface area contributed by atoms with E-state index in [9.17, 15) is 0 Å². The van der Waals surface area contributed by atoms with Gasteiger partial charge >= 0.3 is 0 Å². The van der Waals surface area contributed by atoms with Gasteiger partial charge in [-0.2, -0.15) is 0 Å². The Bertz CT molecular complexity index is 384. The Morgan fingerprint density at radius 3 is 2.67 bits per heavy atom. The summed E-state index contributed by atoms with van der Waals surface area (Å²) in [5.41, 5.74) is 3.77. The van der Waals surface area contributed by atoms with Gasteiger partial charge in [0.15, 0.2) is 0 Å². The Kier molecular flexibility index (Phi) is 4.72. The summed E-state index contributed by atoms with van der Waals surface area (Å²) < 4.78 is 5.43. The molecule has 0 spiro atoms. The quantitative estimate of drug-likeness (QED) is 0.818. The summed E-state index contributed by atoms with van der Waals surface area (Å²) in [6, 6.07) is 4.39. The minimum atomic E-state index is 0.768. The van der Waals surface area contributed by atoms with Gasteiger partial charge in [0, 0.05) is 25.5 Å². The van der Waals surface area contributed by atoms with Crippen molar-refractivity contribution < 1.29 is 4.74 Å². The van der Waals surface area contributed by atoms with Crippen LogP contribution in [0.4, 0.5) is 0 Å². The molecule has 0 bridgehead atoms. The monoisotopic (exact) mass is 248 g/mol. The maximum atomic E-state index is 5.43. The van der Waals surface area contributed by atoms with Crippen LogP contribution < -0.4 is 0 Å². The van der Waals surface area contributed by atoms with E-state index in [0.717, 1.165) is 37.8 Å². The van der Waals surface area contributed by atoms with Crippen molar-refractivity contribution in [2.24, 2.45) is 5.92 Å². The van der Waals surface area contributed by atoms with Crippen molar-refractivity contribution in [1.82, 2.24) is 9.88 Å². The van der Waals surface area contributed by atoms with Gasteiger partial charge in [0.25, 0.3) is 0 Å². The molecule has 1 aliphatic heterocycles. The first-order valence-corrected chi connectivity index (χ1v) is 6.83. The topological polar surface area (TPSA) is 25.4 Å². The molecule has 1 aromatic heterocycles. The number of rotatable bonds is 4. The second-order valence-corrected chi connectivity index (χ2v) is 5.56. The molecule has 0 amide bonds. The van der Waals surface area contributed by atoms with Gasteiger partial charge in [-0.1, -0.05) is 6.07 Å². The number of hydrogen-bond acceptors (Lipinski definition) is 3. The van der Waals surface area contributed by atoms with Crippen molar-refractivity contribution >= 4 is 0 Å². The van der Waals surface area contributed by atoms with E-state index in [2.05, 4.69) is 38.1 Å². The summed E-state index contributed by atoms with van der Waals surface area (Å²) in [6.07, 6.45) is 3.53. The molecule has 0 atom stereocenters. The van der Waals surface area contributed by atoms with E-state index in [4.69, 9.17) is 9.72 Å². The van der Waals surface area contributed by atoms with Crippen LogP contribution in [0.1, 0.15) is 29.8 Å². The van der Waals surface area contributed by atoms with Gasteiger partial charge in [-0.15, -0.1) is 0 Å². The van der Waals surface area contributed by atoms with E-state index < -0.39 is 0 Å². The summed E-state index contributed by atoms with van der Waals surface area (Å²) >= 11 is 0. The lowest BCUT2D eigenvalue weighted by Gasteiger charge is -2.23. The molecule has 0 N–H and O–H groups in total. The van der Waals surface area contributed by atoms with Gasteiger partial charge in [0.2, 0.25) is 0 Å². The van der Waals surface area contributed by atoms with Crippen LogP contribution in [0.2, 0.25) is 0 Å². The molecule has 18 heavy (non-hydrogen) atoms. The van der Waals surface area contributed by atoms with Gasteiger partial charge in [-0.05, 0) is 57.8 Å². The number of nitrogens with zero attached hydrogens (tertiary/aromatic N) is 2. The first-order valence-electron chi connectivity index (χ1n) is 6.83. The predicted molar refractivity (Wildman–Crippen MR) is 73.6 cm³/mol. The average molecular weight is 248 g/mol.